The Morgan fingerprint density at radius 1 is 1.37 bits per heavy atom. The second kappa shape index (κ2) is 6.50. The van der Waals surface area contributed by atoms with Gasteiger partial charge in [-0.15, -0.1) is 0 Å². The molecule has 1 N–H and O–H groups in total. The molecule has 0 atom stereocenters. The first-order valence-corrected chi connectivity index (χ1v) is 6.55. The minimum absolute atomic E-state index is 0.0307. The molecule has 4 heteroatoms. The second-order valence-corrected chi connectivity index (χ2v) is 4.77. The van der Waals surface area contributed by atoms with Crippen molar-refractivity contribution in [1.29, 1.82) is 0 Å². The molecule has 1 aromatic heterocycles. The van der Waals surface area contributed by atoms with Gasteiger partial charge in [0.1, 0.15) is 5.58 Å². The number of likely N-dealkylation sites (N-methyl/N-ethyl adjacent to an activating group) is 1. The lowest BCUT2D eigenvalue weighted by molar-refractivity contribution is 0.0920. The SMILES string of the molecule is CNCCCN(C)CC(=O)c1cc2ccccc2o1. The van der Waals surface area contributed by atoms with E-state index in [0.717, 1.165) is 30.5 Å². The molecule has 0 aliphatic heterocycles. The van der Waals surface area contributed by atoms with Crippen molar-refractivity contribution >= 4 is 16.8 Å². The molecule has 0 amide bonds. The monoisotopic (exact) mass is 260 g/mol. The van der Waals surface area contributed by atoms with Gasteiger partial charge >= 0.3 is 0 Å². The van der Waals surface area contributed by atoms with Crippen LogP contribution in [0.15, 0.2) is 34.7 Å². The summed E-state index contributed by atoms with van der Waals surface area (Å²) in [5.74, 6) is 0.477. The number of ketones is 1. The molecule has 0 fully saturated rings. The topological polar surface area (TPSA) is 45.5 Å². The molecular formula is C15H20N2O2. The first-order valence-electron chi connectivity index (χ1n) is 6.55. The lowest BCUT2D eigenvalue weighted by Crippen LogP contribution is -2.28. The highest BCUT2D eigenvalue weighted by atomic mass is 16.3. The second-order valence-electron chi connectivity index (χ2n) is 4.77. The van der Waals surface area contributed by atoms with E-state index in [-0.39, 0.29) is 5.78 Å². The zero-order valence-corrected chi connectivity index (χ0v) is 11.5. The first-order chi connectivity index (χ1) is 9.20. The Balaban J connectivity index is 1.95. The van der Waals surface area contributed by atoms with Crippen LogP contribution in [-0.4, -0.2) is 44.4 Å². The summed E-state index contributed by atoms with van der Waals surface area (Å²) in [6.45, 7) is 2.25. The number of carbonyl (C=O) groups excluding carboxylic acids is 1. The Labute approximate surface area is 113 Å². The first kappa shape index (κ1) is 13.8. The van der Waals surface area contributed by atoms with Gasteiger partial charge in [0.15, 0.2) is 5.76 Å². The fourth-order valence-corrected chi connectivity index (χ4v) is 2.05. The molecule has 0 spiro atoms. The maximum Gasteiger partial charge on any atom is 0.211 e. The third kappa shape index (κ3) is 3.66. The van der Waals surface area contributed by atoms with Gasteiger partial charge in [-0.3, -0.25) is 9.69 Å². The average molecular weight is 260 g/mol. The molecule has 102 valence electrons. The maximum atomic E-state index is 12.1. The minimum Gasteiger partial charge on any atom is -0.453 e. The fourth-order valence-electron chi connectivity index (χ4n) is 2.05. The Hall–Kier alpha value is -1.65. The summed E-state index contributed by atoms with van der Waals surface area (Å²) in [6.07, 6.45) is 1.03. The van der Waals surface area contributed by atoms with Crippen molar-refractivity contribution in [2.45, 2.75) is 6.42 Å². The van der Waals surface area contributed by atoms with E-state index in [9.17, 15) is 4.79 Å². The van der Waals surface area contributed by atoms with Gasteiger partial charge in [0, 0.05) is 5.39 Å². The number of carbonyl (C=O) groups is 1. The molecule has 19 heavy (non-hydrogen) atoms. The lowest BCUT2D eigenvalue weighted by Gasteiger charge is -2.14. The summed E-state index contributed by atoms with van der Waals surface area (Å²) in [5, 5.41) is 4.07. The number of furan rings is 1. The van der Waals surface area contributed by atoms with Crippen molar-refractivity contribution in [3.63, 3.8) is 0 Å². The molecule has 1 aromatic carbocycles. The van der Waals surface area contributed by atoms with E-state index in [1.165, 1.54) is 0 Å². The van der Waals surface area contributed by atoms with Gasteiger partial charge < -0.3 is 9.73 Å². The summed E-state index contributed by atoms with van der Waals surface area (Å²) in [6, 6.07) is 9.49. The quantitative estimate of drug-likeness (QED) is 0.612. The van der Waals surface area contributed by atoms with Crippen LogP contribution < -0.4 is 5.32 Å². The normalized spacial score (nSPS) is 11.3. The third-order valence-electron chi connectivity index (χ3n) is 3.08. The summed E-state index contributed by atoms with van der Waals surface area (Å²) < 4.78 is 5.57. The van der Waals surface area contributed by atoms with E-state index in [1.54, 1.807) is 0 Å². The van der Waals surface area contributed by atoms with Gasteiger partial charge in [-0.1, -0.05) is 18.2 Å². The lowest BCUT2D eigenvalue weighted by atomic mass is 10.2. The molecule has 2 rings (SSSR count). The Morgan fingerprint density at radius 3 is 2.89 bits per heavy atom. The molecule has 0 saturated heterocycles. The predicted octanol–water partition coefficient (Wildman–Crippen LogP) is 2.16. The molecule has 0 radical (unpaired) electrons. The van der Waals surface area contributed by atoms with Crippen molar-refractivity contribution in [2.75, 3.05) is 33.7 Å². The number of benzene rings is 1. The zero-order chi connectivity index (χ0) is 13.7. The zero-order valence-electron chi connectivity index (χ0n) is 11.5. The molecule has 1 heterocycles. The van der Waals surface area contributed by atoms with Crippen LogP contribution in [0.4, 0.5) is 0 Å². The number of rotatable bonds is 7. The van der Waals surface area contributed by atoms with Crippen LogP contribution in [0.2, 0.25) is 0 Å². The van der Waals surface area contributed by atoms with E-state index < -0.39 is 0 Å². The molecule has 0 aliphatic carbocycles. The molecule has 2 aromatic rings. The van der Waals surface area contributed by atoms with Gasteiger partial charge in [-0.2, -0.15) is 0 Å². The smallest absolute Gasteiger partial charge is 0.211 e. The Morgan fingerprint density at radius 2 is 2.16 bits per heavy atom. The Bertz CT molecular complexity index is 515. The van der Waals surface area contributed by atoms with E-state index in [0.29, 0.717) is 12.3 Å². The summed E-state index contributed by atoms with van der Waals surface area (Å²) in [5.41, 5.74) is 0.767. The third-order valence-corrected chi connectivity index (χ3v) is 3.08. The van der Waals surface area contributed by atoms with E-state index in [2.05, 4.69) is 5.32 Å². The van der Waals surface area contributed by atoms with Gasteiger partial charge in [-0.25, -0.2) is 0 Å². The number of para-hydroxylation sites is 1. The summed E-state index contributed by atoms with van der Waals surface area (Å²) >= 11 is 0. The van der Waals surface area contributed by atoms with Gasteiger partial charge in [0.05, 0.1) is 6.54 Å². The van der Waals surface area contributed by atoms with Gasteiger partial charge in [0.2, 0.25) is 5.78 Å². The number of nitrogens with one attached hydrogen (secondary N) is 1. The summed E-state index contributed by atoms with van der Waals surface area (Å²) in [7, 11) is 3.88. The van der Waals surface area contributed by atoms with E-state index in [4.69, 9.17) is 4.42 Å². The Kier molecular flexibility index (Phi) is 4.71. The number of hydrogen-bond donors (Lipinski definition) is 1. The summed E-state index contributed by atoms with van der Waals surface area (Å²) in [4.78, 5) is 14.1. The van der Waals surface area contributed by atoms with Gasteiger partial charge in [0.25, 0.3) is 0 Å². The predicted molar refractivity (Wildman–Crippen MR) is 76.6 cm³/mol. The number of fused-ring (bicyclic) bond motifs is 1. The van der Waals surface area contributed by atoms with Crippen LogP contribution >= 0.6 is 0 Å². The van der Waals surface area contributed by atoms with Crippen LogP contribution in [0.5, 0.6) is 0 Å². The molecule has 0 bridgehead atoms. The van der Waals surface area contributed by atoms with Crippen molar-refractivity contribution in [3.8, 4) is 0 Å². The van der Waals surface area contributed by atoms with Gasteiger partial charge in [-0.05, 0) is 45.7 Å². The molecular weight excluding hydrogens is 240 g/mol. The maximum absolute atomic E-state index is 12.1. The number of hydrogen-bond acceptors (Lipinski definition) is 4. The highest BCUT2D eigenvalue weighted by Crippen LogP contribution is 2.19. The standard InChI is InChI=1S/C15H20N2O2/c1-16-8-5-9-17(2)11-13(18)15-10-12-6-3-4-7-14(12)19-15/h3-4,6-7,10,16H,5,8-9,11H2,1-2H3. The van der Waals surface area contributed by atoms with Crippen LogP contribution in [-0.2, 0) is 0 Å². The highest BCUT2D eigenvalue weighted by molar-refractivity contribution is 5.98. The minimum atomic E-state index is 0.0307. The molecule has 0 saturated carbocycles. The van der Waals surface area contributed by atoms with Crippen LogP contribution in [0.3, 0.4) is 0 Å². The van der Waals surface area contributed by atoms with Crippen molar-refractivity contribution in [1.82, 2.24) is 10.2 Å². The van der Waals surface area contributed by atoms with Crippen molar-refractivity contribution < 1.29 is 9.21 Å². The number of Topliss-reactive ketones (excluding diaryl/α,β-unsaturated/α-hetero) is 1. The van der Waals surface area contributed by atoms with Crippen molar-refractivity contribution in [3.05, 3.63) is 36.1 Å². The van der Waals surface area contributed by atoms with E-state index >= 15 is 0 Å². The number of nitrogens with zero attached hydrogens (tertiary/aromatic N) is 1. The molecule has 4 nitrogen and oxygen atoms in total. The average Bonchev–Trinajstić information content (AvgIpc) is 2.83. The van der Waals surface area contributed by atoms with Crippen LogP contribution in [0.1, 0.15) is 17.0 Å². The fraction of sp³-hybridized carbons (Fsp3) is 0.400. The molecule has 0 aliphatic rings. The van der Waals surface area contributed by atoms with Crippen molar-refractivity contribution in [2.24, 2.45) is 0 Å². The van der Waals surface area contributed by atoms with E-state index in [1.807, 2.05) is 49.3 Å². The largest absolute Gasteiger partial charge is 0.453 e. The van der Waals surface area contributed by atoms with Crippen LogP contribution in [0.25, 0.3) is 11.0 Å². The molecule has 0 unspecified atom stereocenters. The highest BCUT2D eigenvalue weighted by Gasteiger charge is 2.13. The van der Waals surface area contributed by atoms with Crippen LogP contribution in [0, 0.1) is 0 Å².